The van der Waals surface area contributed by atoms with Crippen LogP contribution in [0.5, 0.6) is 11.5 Å². The van der Waals surface area contributed by atoms with Crippen LogP contribution in [0.1, 0.15) is 5.56 Å². The average molecular weight is 196 g/mol. The molecule has 0 aliphatic carbocycles. The molecule has 1 rings (SSSR count). The van der Waals surface area contributed by atoms with Gasteiger partial charge in [0, 0.05) is 15.6 Å². The standard InChI is InChI=1S/C10H16O2Si/c1-11-9-4-8(7-13-3)5-10(6-9)12-2/h4-6H,7,13H2,1-3H3. The first kappa shape index (κ1) is 10.1. The first-order valence-corrected chi connectivity index (χ1v) is 6.93. The van der Waals surface area contributed by atoms with Gasteiger partial charge < -0.3 is 9.47 Å². The molecule has 0 bridgehead atoms. The van der Waals surface area contributed by atoms with Crippen molar-refractivity contribution in [2.24, 2.45) is 0 Å². The van der Waals surface area contributed by atoms with E-state index in [-0.39, 0.29) is 9.52 Å². The van der Waals surface area contributed by atoms with Gasteiger partial charge >= 0.3 is 0 Å². The maximum absolute atomic E-state index is 5.18. The van der Waals surface area contributed by atoms with Crippen LogP contribution in [-0.2, 0) is 6.04 Å². The van der Waals surface area contributed by atoms with Crippen molar-refractivity contribution in [3.8, 4) is 11.5 Å². The van der Waals surface area contributed by atoms with Crippen LogP contribution >= 0.6 is 0 Å². The number of hydrogen-bond acceptors (Lipinski definition) is 2. The fourth-order valence-electron chi connectivity index (χ4n) is 1.30. The highest BCUT2D eigenvalue weighted by Crippen LogP contribution is 2.22. The number of hydrogen-bond donors (Lipinski definition) is 0. The van der Waals surface area contributed by atoms with Crippen LogP contribution in [0.4, 0.5) is 0 Å². The zero-order chi connectivity index (χ0) is 9.68. The van der Waals surface area contributed by atoms with Gasteiger partial charge in [-0.3, -0.25) is 0 Å². The molecule has 0 aliphatic heterocycles. The molecular formula is C10H16O2Si. The van der Waals surface area contributed by atoms with Crippen LogP contribution in [-0.4, -0.2) is 23.7 Å². The van der Waals surface area contributed by atoms with Gasteiger partial charge in [-0.1, -0.05) is 6.55 Å². The maximum atomic E-state index is 5.18. The fraction of sp³-hybridized carbons (Fsp3) is 0.400. The van der Waals surface area contributed by atoms with E-state index in [2.05, 4.69) is 18.7 Å². The molecule has 0 radical (unpaired) electrons. The number of rotatable bonds is 4. The van der Waals surface area contributed by atoms with Gasteiger partial charge in [0.1, 0.15) is 11.5 Å². The Morgan fingerprint density at radius 2 is 1.62 bits per heavy atom. The molecule has 72 valence electrons. The molecule has 0 unspecified atom stereocenters. The lowest BCUT2D eigenvalue weighted by atomic mass is 10.2. The van der Waals surface area contributed by atoms with E-state index in [1.54, 1.807) is 14.2 Å². The Morgan fingerprint density at radius 3 is 2.00 bits per heavy atom. The second-order valence-corrected chi connectivity index (χ2v) is 4.47. The molecular weight excluding hydrogens is 180 g/mol. The minimum Gasteiger partial charge on any atom is -0.497 e. The Kier molecular flexibility index (Phi) is 3.83. The van der Waals surface area contributed by atoms with Gasteiger partial charge in [-0.2, -0.15) is 0 Å². The predicted octanol–water partition coefficient (Wildman–Crippen LogP) is 1.42. The van der Waals surface area contributed by atoms with Gasteiger partial charge in [-0.25, -0.2) is 0 Å². The summed E-state index contributed by atoms with van der Waals surface area (Å²) in [6.45, 7) is 2.30. The lowest BCUT2D eigenvalue weighted by molar-refractivity contribution is 0.393. The molecule has 0 aliphatic rings. The molecule has 0 fully saturated rings. The van der Waals surface area contributed by atoms with Gasteiger partial charge in [-0.15, -0.1) is 0 Å². The Morgan fingerprint density at radius 1 is 1.08 bits per heavy atom. The van der Waals surface area contributed by atoms with Crippen LogP contribution in [0.3, 0.4) is 0 Å². The van der Waals surface area contributed by atoms with E-state index in [4.69, 9.17) is 9.47 Å². The summed E-state index contributed by atoms with van der Waals surface area (Å²) in [6.07, 6.45) is 0. The van der Waals surface area contributed by atoms with Crippen molar-refractivity contribution in [2.75, 3.05) is 14.2 Å². The van der Waals surface area contributed by atoms with E-state index in [9.17, 15) is 0 Å². The second-order valence-electron chi connectivity index (χ2n) is 2.97. The molecule has 0 atom stereocenters. The Bertz CT molecular complexity index is 251. The first-order chi connectivity index (χ1) is 6.30. The largest absolute Gasteiger partial charge is 0.497 e. The third-order valence-electron chi connectivity index (χ3n) is 1.95. The summed E-state index contributed by atoms with van der Waals surface area (Å²) in [5.41, 5.74) is 1.32. The zero-order valence-electron chi connectivity index (χ0n) is 8.46. The highest BCUT2D eigenvalue weighted by atomic mass is 28.2. The van der Waals surface area contributed by atoms with Crippen LogP contribution in [0.25, 0.3) is 0 Å². The number of ether oxygens (including phenoxy) is 2. The number of benzene rings is 1. The summed E-state index contributed by atoms with van der Waals surface area (Å²) in [5.74, 6) is 1.77. The molecule has 0 amide bonds. The molecule has 3 heteroatoms. The average Bonchev–Trinajstić information content (AvgIpc) is 2.17. The summed E-state index contributed by atoms with van der Waals surface area (Å²) in [5, 5.41) is 0. The number of methoxy groups -OCH3 is 2. The van der Waals surface area contributed by atoms with Crippen LogP contribution in [0.15, 0.2) is 18.2 Å². The minimum atomic E-state index is 0.0573. The molecule has 0 spiro atoms. The van der Waals surface area contributed by atoms with Gasteiger partial charge in [0.25, 0.3) is 0 Å². The third-order valence-corrected chi connectivity index (χ3v) is 3.03. The topological polar surface area (TPSA) is 18.5 Å². The molecule has 0 aromatic heterocycles. The summed E-state index contributed by atoms with van der Waals surface area (Å²) in [7, 11) is 3.42. The van der Waals surface area contributed by atoms with Gasteiger partial charge in [0.2, 0.25) is 0 Å². The SMILES string of the molecule is COc1cc(C[SiH2]C)cc(OC)c1. The van der Waals surface area contributed by atoms with E-state index < -0.39 is 0 Å². The lowest BCUT2D eigenvalue weighted by Crippen LogP contribution is -1.94. The molecule has 0 saturated heterocycles. The summed E-state index contributed by atoms with van der Waals surface area (Å²) in [4.78, 5) is 0. The van der Waals surface area contributed by atoms with E-state index in [1.807, 2.05) is 6.07 Å². The molecule has 1 aromatic rings. The van der Waals surface area contributed by atoms with Crippen molar-refractivity contribution in [1.29, 1.82) is 0 Å². The van der Waals surface area contributed by atoms with Crippen LogP contribution < -0.4 is 9.47 Å². The smallest absolute Gasteiger partial charge is 0.122 e. The summed E-state index contributed by atoms with van der Waals surface area (Å²) < 4.78 is 10.4. The molecule has 2 nitrogen and oxygen atoms in total. The third kappa shape index (κ3) is 2.77. The van der Waals surface area contributed by atoms with E-state index in [1.165, 1.54) is 11.6 Å². The minimum absolute atomic E-state index is 0.0573. The van der Waals surface area contributed by atoms with Gasteiger partial charge in [-0.05, 0) is 23.7 Å². The fourth-order valence-corrected chi connectivity index (χ4v) is 2.17. The summed E-state index contributed by atoms with van der Waals surface area (Å²) >= 11 is 0. The van der Waals surface area contributed by atoms with Crippen molar-refractivity contribution >= 4 is 9.52 Å². The van der Waals surface area contributed by atoms with Crippen molar-refractivity contribution in [3.63, 3.8) is 0 Å². The molecule has 0 N–H and O–H groups in total. The van der Waals surface area contributed by atoms with E-state index in [0.717, 1.165) is 11.5 Å². The van der Waals surface area contributed by atoms with E-state index in [0.29, 0.717) is 0 Å². The predicted molar refractivity (Wildman–Crippen MR) is 57.7 cm³/mol. The molecule has 13 heavy (non-hydrogen) atoms. The zero-order valence-corrected chi connectivity index (χ0v) is 9.88. The van der Waals surface area contributed by atoms with Crippen molar-refractivity contribution in [2.45, 2.75) is 12.6 Å². The highest BCUT2D eigenvalue weighted by molar-refractivity contribution is 6.32. The van der Waals surface area contributed by atoms with Crippen molar-refractivity contribution in [3.05, 3.63) is 23.8 Å². The van der Waals surface area contributed by atoms with Gasteiger partial charge in [0.15, 0.2) is 0 Å². The monoisotopic (exact) mass is 196 g/mol. The van der Waals surface area contributed by atoms with Crippen molar-refractivity contribution in [1.82, 2.24) is 0 Å². The Hall–Kier alpha value is -0.963. The van der Waals surface area contributed by atoms with E-state index >= 15 is 0 Å². The van der Waals surface area contributed by atoms with Crippen LogP contribution in [0.2, 0.25) is 6.55 Å². The quantitative estimate of drug-likeness (QED) is 0.678. The molecule has 0 saturated carbocycles. The molecule has 1 aromatic carbocycles. The molecule has 0 heterocycles. The highest BCUT2D eigenvalue weighted by Gasteiger charge is 2.00. The maximum Gasteiger partial charge on any atom is 0.122 e. The van der Waals surface area contributed by atoms with Gasteiger partial charge in [0.05, 0.1) is 14.2 Å². The normalized spacial score (nSPS) is 10.7. The van der Waals surface area contributed by atoms with Crippen LogP contribution in [0, 0.1) is 0 Å². The Balaban J connectivity index is 2.93. The lowest BCUT2D eigenvalue weighted by Gasteiger charge is -2.07. The van der Waals surface area contributed by atoms with Crippen molar-refractivity contribution < 1.29 is 9.47 Å². The first-order valence-electron chi connectivity index (χ1n) is 4.52. The Labute approximate surface area is 81.7 Å². The summed E-state index contributed by atoms with van der Waals surface area (Å²) in [6, 6.07) is 7.27. The second kappa shape index (κ2) is 4.92.